The Hall–Kier alpha value is -3.57. The molecule has 1 saturated heterocycles. The van der Waals surface area contributed by atoms with Gasteiger partial charge in [-0.05, 0) is 38.0 Å². The number of para-hydroxylation sites is 1. The van der Waals surface area contributed by atoms with Gasteiger partial charge < -0.3 is 14.5 Å². The van der Waals surface area contributed by atoms with E-state index in [4.69, 9.17) is 10.00 Å². The predicted octanol–water partition coefficient (Wildman–Crippen LogP) is 3.74. The smallest absolute Gasteiger partial charge is 0.248 e. The van der Waals surface area contributed by atoms with E-state index in [0.29, 0.717) is 24.6 Å². The van der Waals surface area contributed by atoms with Crippen molar-refractivity contribution in [2.45, 2.75) is 45.9 Å². The van der Waals surface area contributed by atoms with E-state index in [-0.39, 0.29) is 30.7 Å². The summed E-state index contributed by atoms with van der Waals surface area (Å²) in [7, 11) is 0. The fourth-order valence-electron chi connectivity index (χ4n) is 4.58. The summed E-state index contributed by atoms with van der Waals surface area (Å²) in [5, 5.41) is 9.07. The highest BCUT2D eigenvalue weighted by atomic mass is 16.5. The number of fused-ring (bicyclic) bond motifs is 1. The summed E-state index contributed by atoms with van der Waals surface area (Å²) in [6.45, 7) is 9.54. The van der Waals surface area contributed by atoms with Crippen LogP contribution in [0.2, 0.25) is 0 Å². The Bertz CT molecular complexity index is 1180. The number of amides is 1. The highest BCUT2D eigenvalue weighted by Gasteiger charge is 2.36. The van der Waals surface area contributed by atoms with Crippen molar-refractivity contribution in [1.82, 2.24) is 19.9 Å². The van der Waals surface area contributed by atoms with Gasteiger partial charge in [0.1, 0.15) is 18.5 Å². The van der Waals surface area contributed by atoms with Crippen molar-refractivity contribution in [3.63, 3.8) is 0 Å². The van der Waals surface area contributed by atoms with Crippen LogP contribution in [0.3, 0.4) is 0 Å². The number of benzene rings is 1. The van der Waals surface area contributed by atoms with Crippen LogP contribution in [0, 0.1) is 17.2 Å². The lowest BCUT2D eigenvalue weighted by atomic mass is 9.96. The SMILES string of the molecule is CC(OCC(=O)N1CC(C)N(c2ccc(C#N)cn2)C(C(C)C)C1)c1cccc2nccnc12. The summed E-state index contributed by atoms with van der Waals surface area (Å²) in [6.07, 6.45) is 4.65. The molecule has 0 bridgehead atoms. The number of ether oxygens (including phenoxy) is 1. The largest absolute Gasteiger partial charge is 0.364 e. The first-order chi connectivity index (χ1) is 16.4. The van der Waals surface area contributed by atoms with Crippen LogP contribution in [0.5, 0.6) is 0 Å². The zero-order valence-electron chi connectivity index (χ0n) is 20.0. The first-order valence-corrected chi connectivity index (χ1v) is 11.6. The van der Waals surface area contributed by atoms with E-state index in [1.54, 1.807) is 24.7 Å². The van der Waals surface area contributed by atoms with Gasteiger partial charge >= 0.3 is 0 Å². The second-order valence-electron chi connectivity index (χ2n) is 9.11. The molecule has 2 aromatic heterocycles. The molecule has 3 aromatic rings. The molecule has 0 spiro atoms. The van der Waals surface area contributed by atoms with E-state index in [1.807, 2.05) is 36.1 Å². The Morgan fingerprint density at radius 1 is 1.15 bits per heavy atom. The summed E-state index contributed by atoms with van der Waals surface area (Å²) in [6, 6.07) is 11.8. The topological polar surface area (TPSA) is 95.2 Å². The molecule has 1 aliphatic rings. The fourth-order valence-corrected chi connectivity index (χ4v) is 4.58. The lowest BCUT2D eigenvalue weighted by molar-refractivity contribution is -0.139. The number of nitrogens with zero attached hydrogens (tertiary/aromatic N) is 6. The Morgan fingerprint density at radius 3 is 2.65 bits per heavy atom. The number of rotatable bonds is 6. The van der Waals surface area contributed by atoms with Gasteiger partial charge in [-0.3, -0.25) is 14.8 Å². The zero-order valence-corrected chi connectivity index (χ0v) is 20.0. The third-order valence-electron chi connectivity index (χ3n) is 6.41. The first kappa shape index (κ1) is 23.6. The van der Waals surface area contributed by atoms with Crippen molar-refractivity contribution in [3.8, 4) is 6.07 Å². The lowest BCUT2D eigenvalue weighted by Crippen LogP contribution is -2.61. The molecule has 0 saturated carbocycles. The summed E-state index contributed by atoms with van der Waals surface area (Å²) in [5.41, 5.74) is 3.06. The van der Waals surface area contributed by atoms with Gasteiger partial charge in [0.25, 0.3) is 0 Å². The van der Waals surface area contributed by atoms with Crippen molar-refractivity contribution in [2.24, 2.45) is 5.92 Å². The number of hydrogen-bond donors (Lipinski definition) is 0. The molecule has 3 atom stereocenters. The Morgan fingerprint density at radius 2 is 1.94 bits per heavy atom. The van der Waals surface area contributed by atoms with Gasteiger partial charge in [0, 0.05) is 43.3 Å². The molecule has 0 radical (unpaired) electrons. The number of aromatic nitrogens is 3. The van der Waals surface area contributed by atoms with Gasteiger partial charge in [-0.2, -0.15) is 5.26 Å². The van der Waals surface area contributed by atoms with Crippen molar-refractivity contribution in [1.29, 1.82) is 5.26 Å². The molecule has 1 fully saturated rings. The third-order valence-corrected chi connectivity index (χ3v) is 6.41. The Kier molecular flexibility index (Phi) is 7.03. The lowest BCUT2D eigenvalue weighted by Gasteiger charge is -2.48. The third kappa shape index (κ3) is 4.85. The number of piperazine rings is 1. The van der Waals surface area contributed by atoms with Gasteiger partial charge in [-0.25, -0.2) is 4.98 Å². The number of anilines is 1. The van der Waals surface area contributed by atoms with Crippen molar-refractivity contribution < 1.29 is 9.53 Å². The first-order valence-electron chi connectivity index (χ1n) is 11.6. The van der Waals surface area contributed by atoms with Crippen LogP contribution in [0.15, 0.2) is 48.9 Å². The minimum Gasteiger partial charge on any atom is -0.364 e. The second-order valence-corrected chi connectivity index (χ2v) is 9.11. The maximum absolute atomic E-state index is 13.1. The molecule has 3 heterocycles. The summed E-state index contributed by atoms with van der Waals surface area (Å²) >= 11 is 0. The van der Waals surface area contributed by atoms with E-state index in [0.717, 1.165) is 22.4 Å². The van der Waals surface area contributed by atoms with Gasteiger partial charge in [0.15, 0.2) is 0 Å². The van der Waals surface area contributed by atoms with Crippen molar-refractivity contribution in [2.75, 3.05) is 24.6 Å². The summed E-state index contributed by atoms with van der Waals surface area (Å²) in [4.78, 5) is 30.6. The van der Waals surface area contributed by atoms with Crippen molar-refractivity contribution >= 4 is 22.8 Å². The van der Waals surface area contributed by atoms with E-state index in [9.17, 15) is 4.79 Å². The summed E-state index contributed by atoms with van der Waals surface area (Å²) in [5.74, 6) is 1.12. The maximum Gasteiger partial charge on any atom is 0.248 e. The number of carbonyl (C=O) groups is 1. The van der Waals surface area contributed by atoms with Crippen LogP contribution in [0.4, 0.5) is 5.82 Å². The Labute approximate surface area is 200 Å². The van der Waals surface area contributed by atoms with E-state index in [2.05, 4.69) is 46.7 Å². The second kappa shape index (κ2) is 10.1. The van der Waals surface area contributed by atoms with Crippen LogP contribution in [0.25, 0.3) is 11.0 Å². The monoisotopic (exact) mass is 458 g/mol. The normalized spacial score (nSPS) is 19.3. The van der Waals surface area contributed by atoms with E-state index >= 15 is 0 Å². The molecule has 176 valence electrons. The maximum atomic E-state index is 13.1. The zero-order chi connectivity index (χ0) is 24.2. The van der Waals surface area contributed by atoms with E-state index in [1.165, 1.54) is 0 Å². The van der Waals surface area contributed by atoms with E-state index < -0.39 is 0 Å². The van der Waals surface area contributed by atoms with Crippen LogP contribution >= 0.6 is 0 Å². The summed E-state index contributed by atoms with van der Waals surface area (Å²) < 4.78 is 6.00. The van der Waals surface area contributed by atoms with Crippen LogP contribution in [0.1, 0.15) is 44.9 Å². The number of hydrogen-bond acceptors (Lipinski definition) is 7. The predicted molar refractivity (Wildman–Crippen MR) is 130 cm³/mol. The van der Waals surface area contributed by atoms with Gasteiger partial charge in [-0.1, -0.05) is 26.0 Å². The van der Waals surface area contributed by atoms with Crippen LogP contribution < -0.4 is 4.90 Å². The molecule has 0 N–H and O–H groups in total. The van der Waals surface area contributed by atoms with Crippen LogP contribution in [-0.2, 0) is 9.53 Å². The molecular formula is C26H30N6O2. The Balaban J connectivity index is 1.44. The molecular weight excluding hydrogens is 428 g/mol. The molecule has 1 aromatic carbocycles. The average Bonchev–Trinajstić information content (AvgIpc) is 2.86. The standard InChI is InChI=1S/C26H30N6O2/c1-17(2)23-15-31(14-18(3)32(23)24-9-8-20(12-27)13-30-24)25(33)16-34-19(4)21-6-5-7-22-26(21)29-11-10-28-22/h5-11,13,17-19,23H,14-16H2,1-4H3. The molecule has 34 heavy (non-hydrogen) atoms. The number of pyridine rings is 1. The molecule has 1 aliphatic heterocycles. The molecule has 8 nitrogen and oxygen atoms in total. The average molecular weight is 459 g/mol. The van der Waals surface area contributed by atoms with Gasteiger partial charge in [0.05, 0.1) is 28.7 Å². The highest BCUT2D eigenvalue weighted by Crippen LogP contribution is 2.28. The molecule has 3 unspecified atom stereocenters. The highest BCUT2D eigenvalue weighted by molar-refractivity contribution is 5.79. The van der Waals surface area contributed by atoms with Crippen LogP contribution in [-0.4, -0.2) is 57.5 Å². The van der Waals surface area contributed by atoms with Gasteiger partial charge in [0.2, 0.25) is 5.91 Å². The minimum absolute atomic E-state index is 0.00443. The minimum atomic E-state index is -0.285. The number of carbonyl (C=O) groups excluding carboxylic acids is 1. The molecule has 8 heteroatoms. The quantitative estimate of drug-likeness (QED) is 0.555. The molecule has 4 rings (SSSR count). The number of nitriles is 1. The molecule has 0 aliphatic carbocycles. The van der Waals surface area contributed by atoms with Crippen molar-refractivity contribution in [3.05, 3.63) is 60.0 Å². The van der Waals surface area contributed by atoms with Gasteiger partial charge in [-0.15, -0.1) is 0 Å². The molecule has 1 amide bonds. The fraction of sp³-hybridized carbons (Fsp3) is 0.423.